The molecule has 186 valence electrons. The molecular weight excluding hydrogens is 420 g/mol. The number of benzene rings is 3. The maximum atomic E-state index is 2.24. The highest BCUT2D eigenvalue weighted by Gasteiger charge is 2.16. The zero-order valence-corrected chi connectivity index (χ0v) is 23.3. The van der Waals surface area contributed by atoms with E-state index in [0.29, 0.717) is 0 Å². The van der Waals surface area contributed by atoms with Crippen LogP contribution >= 0.6 is 0 Å². The van der Waals surface area contributed by atoms with Crippen molar-refractivity contribution in [3.05, 3.63) is 144 Å². The molecular formula is C35H46. The number of hydrogen-bond donors (Lipinski definition) is 0. The van der Waals surface area contributed by atoms with E-state index in [9.17, 15) is 0 Å². The minimum Gasteiger partial charge on any atom is -0.0807 e. The van der Waals surface area contributed by atoms with Gasteiger partial charge in [-0.15, -0.1) is 0 Å². The summed E-state index contributed by atoms with van der Waals surface area (Å²) in [5.74, 6) is 0. The van der Waals surface area contributed by atoms with Gasteiger partial charge in [0, 0.05) is 0 Å². The van der Waals surface area contributed by atoms with Crippen LogP contribution in [-0.4, -0.2) is 0 Å². The first-order valence-electron chi connectivity index (χ1n) is 13.4. The molecule has 0 atom stereocenters. The zero-order valence-electron chi connectivity index (χ0n) is 23.3. The van der Waals surface area contributed by atoms with E-state index < -0.39 is 0 Å². The van der Waals surface area contributed by atoms with Crippen molar-refractivity contribution in [1.29, 1.82) is 0 Å². The summed E-state index contributed by atoms with van der Waals surface area (Å²) in [4.78, 5) is 0. The van der Waals surface area contributed by atoms with Crippen LogP contribution in [0, 0.1) is 0 Å². The van der Waals surface area contributed by atoms with Crippen molar-refractivity contribution in [1.82, 2.24) is 0 Å². The van der Waals surface area contributed by atoms with Gasteiger partial charge in [-0.25, -0.2) is 0 Å². The van der Waals surface area contributed by atoms with Crippen LogP contribution in [0.4, 0.5) is 0 Å². The molecule has 0 aromatic heterocycles. The summed E-state index contributed by atoms with van der Waals surface area (Å²) in [5.41, 5.74) is 7.43. The van der Waals surface area contributed by atoms with Gasteiger partial charge in [-0.3, -0.25) is 0 Å². The average Bonchev–Trinajstić information content (AvgIpc) is 3.27. The highest BCUT2D eigenvalue weighted by molar-refractivity contribution is 6.05. The molecule has 0 aliphatic heterocycles. The Morgan fingerprint density at radius 2 is 0.829 bits per heavy atom. The van der Waals surface area contributed by atoms with Crippen LogP contribution in [0.3, 0.4) is 0 Å². The fraction of sp³-hybridized carbons (Fsp3) is 0.257. The van der Waals surface area contributed by atoms with Gasteiger partial charge >= 0.3 is 0 Å². The van der Waals surface area contributed by atoms with Crippen LogP contribution in [0.25, 0.3) is 11.1 Å². The standard InChI is InChI=1S/C27H22.4C2H6/c1-2-7-15-22(14-6-1)26(23-16-8-3-9-17-23)27(24-18-10-4-11-19-24)25-20-12-5-13-21-25;4*1-2/h1,3-21H,2H2;4*1-2H3. The van der Waals surface area contributed by atoms with E-state index >= 15 is 0 Å². The first-order valence-corrected chi connectivity index (χ1v) is 13.4. The van der Waals surface area contributed by atoms with Crippen molar-refractivity contribution >= 4 is 11.1 Å². The fourth-order valence-electron chi connectivity index (χ4n) is 3.47. The van der Waals surface area contributed by atoms with Gasteiger partial charge in [0.1, 0.15) is 0 Å². The molecule has 0 N–H and O–H groups in total. The van der Waals surface area contributed by atoms with Crippen molar-refractivity contribution < 1.29 is 0 Å². The van der Waals surface area contributed by atoms with Gasteiger partial charge in [0.25, 0.3) is 0 Å². The van der Waals surface area contributed by atoms with Crippen LogP contribution in [0.1, 0.15) is 78.5 Å². The lowest BCUT2D eigenvalue weighted by Gasteiger charge is -2.18. The lowest BCUT2D eigenvalue weighted by atomic mass is 9.85. The van der Waals surface area contributed by atoms with Gasteiger partial charge in [0.15, 0.2) is 0 Å². The van der Waals surface area contributed by atoms with Crippen molar-refractivity contribution in [3.63, 3.8) is 0 Å². The summed E-state index contributed by atoms with van der Waals surface area (Å²) in [6, 6.07) is 32.1. The normalized spacial score (nSPS) is 10.7. The number of allylic oxidation sites excluding steroid dienone is 7. The van der Waals surface area contributed by atoms with Crippen molar-refractivity contribution in [3.8, 4) is 0 Å². The van der Waals surface area contributed by atoms with E-state index in [1.165, 1.54) is 33.4 Å². The summed E-state index contributed by atoms with van der Waals surface area (Å²) < 4.78 is 0. The predicted octanol–water partition coefficient (Wildman–Crippen LogP) is 11.2. The smallest absolute Gasteiger partial charge is 0.00268 e. The molecule has 0 heterocycles. The molecule has 0 saturated heterocycles. The molecule has 1 aliphatic rings. The molecule has 4 rings (SSSR count). The minimum atomic E-state index is 0.966. The molecule has 0 nitrogen and oxygen atoms in total. The Balaban J connectivity index is 0.00000132. The highest BCUT2D eigenvalue weighted by Crippen LogP contribution is 2.37. The summed E-state index contributed by atoms with van der Waals surface area (Å²) in [7, 11) is 0. The van der Waals surface area contributed by atoms with E-state index in [4.69, 9.17) is 0 Å². The molecule has 0 unspecified atom stereocenters. The lowest BCUT2D eigenvalue weighted by molar-refractivity contribution is 1.40. The summed E-state index contributed by atoms with van der Waals surface area (Å²) in [5, 5.41) is 0. The van der Waals surface area contributed by atoms with Crippen molar-refractivity contribution in [2.24, 2.45) is 0 Å². The quantitative estimate of drug-likeness (QED) is 0.335. The van der Waals surface area contributed by atoms with Crippen molar-refractivity contribution in [2.75, 3.05) is 0 Å². The summed E-state index contributed by atoms with van der Waals surface area (Å²) in [6.45, 7) is 16.0. The molecule has 0 radical (unpaired) electrons. The molecule has 0 saturated carbocycles. The lowest BCUT2D eigenvalue weighted by Crippen LogP contribution is -1.97. The van der Waals surface area contributed by atoms with Gasteiger partial charge in [0.2, 0.25) is 0 Å². The third kappa shape index (κ3) is 10.2. The Bertz CT molecular complexity index is 960. The van der Waals surface area contributed by atoms with Crippen LogP contribution in [0.5, 0.6) is 0 Å². The van der Waals surface area contributed by atoms with E-state index in [1.54, 1.807) is 0 Å². The average molecular weight is 467 g/mol. The SMILES string of the molecule is C1=CCC=CC(C(=C(c2ccccc2)c2ccccc2)c2ccccc2)=C1.CC.CC.CC.CC. The van der Waals surface area contributed by atoms with Crippen LogP contribution in [0.2, 0.25) is 0 Å². The van der Waals surface area contributed by atoms with Crippen molar-refractivity contribution in [2.45, 2.75) is 61.8 Å². The molecule has 0 spiro atoms. The Hall–Kier alpha value is -3.38. The predicted molar refractivity (Wildman–Crippen MR) is 162 cm³/mol. The summed E-state index contributed by atoms with van der Waals surface area (Å²) >= 11 is 0. The van der Waals surface area contributed by atoms with Crippen LogP contribution < -0.4 is 0 Å². The molecule has 0 bridgehead atoms. The zero-order chi connectivity index (χ0) is 26.3. The second-order valence-corrected chi connectivity index (χ2v) is 6.54. The monoisotopic (exact) mass is 466 g/mol. The molecule has 3 aromatic carbocycles. The summed E-state index contributed by atoms with van der Waals surface area (Å²) in [6.07, 6.45) is 12.0. The molecule has 0 heteroatoms. The largest absolute Gasteiger partial charge is 0.0807 e. The van der Waals surface area contributed by atoms with Gasteiger partial charge in [-0.05, 0) is 39.8 Å². The molecule has 1 aliphatic carbocycles. The van der Waals surface area contributed by atoms with Crippen LogP contribution in [0.15, 0.2) is 127 Å². The van der Waals surface area contributed by atoms with Gasteiger partial charge in [-0.2, -0.15) is 0 Å². The number of rotatable bonds is 4. The van der Waals surface area contributed by atoms with E-state index in [-0.39, 0.29) is 0 Å². The Labute approximate surface area is 216 Å². The van der Waals surface area contributed by atoms with Crippen LogP contribution in [-0.2, 0) is 0 Å². The Morgan fingerprint density at radius 1 is 0.457 bits per heavy atom. The van der Waals surface area contributed by atoms with E-state index in [1.807, 2.05) is 55.4 Å². The fourth-order valence-corrected chi connectivity index (χ4v) is 3.47. The first kappa shape index (κ1) is 31.6. The van der Waals surface area contributed by atoms with Gasteiger partial charge in [-0.1, -0.05) is 177 Å². The molecule has 0 fully saturated rings. The first-order chi connectivity index (χ1) is 17.4. The third-order valence-corrected chi connectivity index (χ3v) is 4.71. The van der Waals surface area contributed by atoms with E-state index in [2.05, 4.69) is 121 Å². The minimum absolute atomic E-state index is 0.966. The Kier molecular flexibility index (Phi) is 19.1. The third-order valence-electron chi connectivity index (χ3n) is 4.71. The molecule has 3 aromatic rings. The maximum absolute atomic E-state index is 2.24. The highest BCUT2D eigenvalue weighted by atomic mass is 14.2. The molecule has 0 amide bonds. The topological polar surface area (TPSA) is 0 Å². The van der Waals surface area contributed by atoms with Gasteiger partial charge < -0.3 is 0 Å². The maximum Gasteiger partial charge on any atom is -0.00268 e. The second kappa shape index (κ2) is 21.2. The number of hydrogen-bond acceptors (Lipinski definition) is 0. The molecule has 35 heavy (non-hydrogen) atoms. The van der Waals surface area contributed by atoms with E-state index in [0.717, 1.165) is 6.42 Å². The van der Waals surface area contributed by atoms with Gasteiger partial charge in [0.05, 0.1) is 0 Å². The Morgan fingerprint density at radius 3 is 1.23 bits per heavy atom. The second-order valence-electron chi connectivity index (χ2n) is 6.54.